The van der Waals surface area contributed by atoms with E-state index in [9.17, 15) is 9.59 Å². The molecule has 0 aromatic heterocycles. The number of carboxylic acids is 1. The summed E-state index contributed by atoms with van der Waals surface area (Å²) in [6, 6.07) is 6.78. The molecule has 1 amide bonds. The highest BCUT2D eigenvalue weighted by Crippen LogP contribution is 2.26. The van der Waals surface area contributed by atoms with Gasteiger partial charge in [0.25, 0.3) is 5.91 Å². The number of nitrogen functional groups attached to an aromatic ring is 1. The van der Waals surface area contributed by atoms with Gasteiger partial charge in [0, 0.05) is 11.7 Å². The molecule has 1 aliphatic rings. The van der Waals surface area contributed by atoms with Gasteiger partial charge >= 0.3 is 5.97 Å². The number of benzene rings is 1. The standard InChI is InChI=1S/C13H16N2O3/c14-11-4-2-1-3-10(11)12(16)15-9-6-5-8(7-9)13(17)18/h1-4,8-9H,5-7,14H2,(H,15,16)(H,17,18). The Morgan fingerprint density at radius 2 is 2.00 bits per heavy atom. The molecule has 1 aliphatic carbocycles. The SMILES string of the molecule is Nc1ccccc1C(=O)NC1CCC(C(=O)O)C1. The maximum absolute atomic E-state index is 12.0. The Labute approximate surface area is 105 Å². The third-order valence-electron chi connectivity index (χ3n) is 3.32. The number of carbonyl (C=O) groups is 2. The number of anilines is 1. The molecule has 2 rings (SSSR count). The van der Waals surface area contributed by atoms with Gasteiger partial charge in [-0.3, -0.25) is 9.59 Å². The second kappa shape index (κ2) is 5.08. The molecule has 1 aromatic carbocycles. The smallest absolute Gasteiger partial charge is 0.306 e. The summed E-state index contributed by atoms with van der Waals surface area (Å²) in [7, 11) is 0. The van der Waals surface area contributed by atoms with Crippen molar-refractivity contribution >= 4 is 17.6 Å². The Morgan fingerprint density at radius 1 is 1.28 bits per heavy atom. The Hall–Kier alpha value is -2.04. The molecule has 0 radical (unpaired) electrons. The van der Waals surface area contributed by atoms with Crippen LogP contribution in [0.3, 0.4) is 0 Å². The monoisotopic (exact) mass is 248 g/mol. The largest absolute Gasteiger partial charge is 0.481 e. The minimum absolute atomic E-state index is 0.0711. The molecule has 1 aromatic rings. The summed E-state index contributed by atoms with van der Waals surface area (Å²) >= 11 is 0. The van der Waals surface area contributed by atoms with Crippen molar-refractivity contribution in [2.75, 3.05) is 5.73 Å². The van der Waals surface area contributed by atoms with Crippen molar-refractivity contribution in [1.82, 2.24) is 5.32 Å². The lowest BCUT2D eigenvalue weighted by Gasteiger charge is -2.13. The fourth-order valence-electron chi connectivity index (χ4n) is 2.30. The molecule has 5 nitrogen and oxygen atoms in total. The molecule has 2 atom stereocenters. The highest BCUT2D eigenvalue weighted by atomic mass is 16.4. The second-order valence-corrected chi connectivity index (χ2v) is 4.61. The molecule has 96 valence electrons. The van der Waals surface area contributed by atoms with Gasteiger partial charge in [-0.05, 0) is 31.4 Å². The molecule has 5 heteroatoms. The molecule has 2 unspecified atom stereocenters. The van der Waals surface area contributed by atoms with Crippen molar-refractivity contribution in [3.05, 3.63) is 29.8 Å². The van der Waals surface area contributed by atoms with Gasteiger partial charge in [0.1, 0.15) is 0 Å². The van der Waals surface area contributed by atoms with Crippen LogP contribution in [0, 0.1) is 5.92 Å². The van der Waals surface area contributed by atoms with Gasteiger partial charge in [-0.2, -0.15) is 0 Å². The topological polar surface area (TPSA) is 92.4 Å². The minimum Gasteiger partial charge on any atom is -0.481 e. The Bertz CT molecular complexity index is 473. The summed E-state index contributed by atoms with van der Waals surface area (Å²) in [5, 5.41) is 11.7. The Morgan fingerprint density at radius 3 is 2.61 bits per heavy atom. The fraction of sp³-hybridized carbons (Fsp3) is 0.385. The average Bonchev–Trinajstić information content (AvgIpc) is 2.78. The maximum atomic E-state index is 12.0. The van der Waals surface area contributed by atoms with E-state index in [1.165, 1.54) is 0 Å². The molecule has 0 heterocycles. The van der Waals surface area contributed by atoms with Gasteiger partial charge in [-0.15, -0.1) is 0 Å². The number of carbonyl (C=O) groups excluding carboxylic acids is 1. The maximum Gasteiger partial charge on any atom is 0.306 e. The number of nitrogens with two attached hydrogens (primary N) is 1. The van der Waals surface area contributed by atoms with Gasteiger partial charge in [-0.1, -0.05) is 12.1 Å². The first kappa shape index (κ1) is 12.4. The normalized spacial score (nSPS) is 22.7. The predicted octanol–water partition coefficient (Wildman–Crippen LogP) is 1.25. The van der Waals surface area contributed by atoms with Gasteiger partial charge < -0.3 is 16.2 Å². The molecule has 4 N–H and O–H groups in total. The van der Waals surface area contributed by atoms with Gasteiger partial charge in [-0.25, -0.2) is 0 Å². The zero-order valence-corrected chi connectivity index (χ0v) is 9.93. The van der Waals surface area contributed by atoms with Crippen molar-refractivity contribution in [3.63, 3.8) is 0 Å². The molecule has 1 saturated carbocycles. The number of aliphatic carboxylic acids is 1. The summed E-state index contributed by atoms with van der Waals surface area (Å²) < 4.78 is 0. The first-order chi connectivity index (χ1) is 8.58. The molecule has 0 bridgehead atoms. The van der Waals surface area contributed by atoms with Crippen LogP contribution in [-0.2, 0) is 4.79 Å². The first-order valence-corrected chi connectivity index (χ1v) is 5.96. The van der Waals surface area contributed by atoms with Gasteiger partial charge in [0.2, 0.25) is 0 Å². The lowest BCUT2D eigenvalue weighted by molar-refractivity contribution is -0.141. The highest BCUT2D eigenvalue weighted by molar-refractivity contribution is 5.99. The van der Waals surface area contributed by atoms with Crippen LogP contribution in [0.15, 0.2) is 24.3 Å². The number of hydrogen-bond acceptors (Lipinski definition) is 3. The first-order valence-electron chi connectivity index (χ1n) is 5.96. The number of para-hydroxylation sites is 1. The fourth-order valence-corrected chi connectivity index (χ4v) is 2.30. The van der Waals surface area contributed by atoms with Crippen LogP contribution >= 0.6 is 0 Å². The molecular weight excluding hydrogens is 232 g/mol. The van der Waals surface area contributed by atoms with Crippen molar-refractivity contribution in [3.8, 4) is 0 Å². The average molecular weight is 248 g/mol. The lowest BCUT2D eigenvalue weighted by Crippen LogP contribution is -2.33. The Kier molecular flexibility index (Phi) is 3.50. The molecule has 1 fully saturated rings. The van der Waals surface area contributed by atoms with E-state index in [4.69, 9.17) is 10.8 Å². The third-order valence-corrected chi connectivity index (χ3v) is 3.32. The van der Waals surface area contributed by atoms with Crippen LogP contribution in [0.25, 0.3) is 0 Å². The van der Waals surface area contributed by atoms with E-state index in [2.05, 4.69) is 5.32 Å². The van der Waals surface area contributed by atoms with Crippen molar-refractivity contribution in [1.29, 1.82) is 0 Å². The van der Waals surface area contributed by atoms with Crippen LogP contribution in [0.5, 0.6) is 0 Å². The number of hydrogen-bond donors (Lipinski definition) is 3. The summed E-state index contributed by atoms with van der Waals surface area (Å²) in [5.74, 6) is -1.36. The van der Waals surface area contributed by atoms with Crippen molar-refractivity contribution < 1.29 is 14.7 Å². The number of carboxylic acid groups (broad SMARTS) is 1. The van der Waals surface area contributed by atoms with Crippen LogP contribution in [-0.4, -0.2) is 23.0 Å². The van der Waals surface area contributed by atoms with Crippen molar-refractivity contribution in [2.45, 2.75) is 25.3 Å². The van der Waals surface area contributed by atoms with E-state index < -0.39 is 5.97 Å². The summed E-state index contributed by atoms with van der Waals surface area (Å²) in [5.41, 5.74) is 6.59. The Balaban J connectivity index is 1.97. The van der Waals surface area contributed by atoms with E-state index in [1.807, 2.05) is 0 Å². The van der Waals surface area contributed by atoms with Crippen LogP contribution in [0.4, 0.5) is 5.69 Å². The van der Waals surface area contributed by atoms with E-state index in [0.717, 1.165) is 0 Å². The molecule has 0 saturated heterocycles. The van der Waals surface area contributed by atoms with E-state index in [1.54, 1.807) is 24.3 Å². The summed E-state index contributed by atoms with van der Waals surface area (Å²) in [6.45, 7) is 0. The number of rotatable bonds is 3. The molecule has 0 spiro atoms. The van der Waals surface area contributed by atoms with Gasteiger partial charge in [0.05, 0.1) is 11.5 Å². The number of amides is 1. The van der Waals surface area contributed by atoms with E-state index in [0.29, 0.717) is 30.5 Å². The van der Waals surface area contributed by atoms with E-state index >= 15 is 0 Å². The quantitative estimate of drug-likeness (QED) is 0.702. The molecule has 18 heavy (non-hydrogen) atoms. The van der Waals surface area contributed by atoms with Crippen LogP contribution < -0.4 is 11.1 Å². The summed E-state index contributed by atoms with van der Waals surface area (Å²) in [6.07, 6.45) is 1.81. The minimum atomic E-state index is -0.786. The third kappa shape index (κ3) is 2.61. The molecule has 0 aliphatic heterocycles. The predicted molar refractivity (Wildman–Crippen MR) is 67.1 cm³/mol. The number of nitrogens with one attached hydrogen (secondary N) is 1. The van der Waals surface area contributed by atoms with E-state index in [-0.39, 0.29) is 17.9 Å². The summed E-state index contributed by atoms with van der Waals surface area (Å²) in [4.78, 5) is 22.8. The zero-order valence-electron chi connectivity index (χ0n) is 9.93. The van der Waals surface area contributed by atoms with Gasteiger partial charge in [0.15, 0.2) is 0 Å². The van der Waals surface area contributed by atoms with Crippen molar-refractivity contribution in [2.24, 2.45) is 5.92 Å². The highest BCUT2D eigenvalue weighted by Gasteiger charge is 2.30. The lowest BCUT2D eigenvalue weighted by atomic mass is 10.1. The second-order valence-electron chi connectivity index (χ2n) is 4.61. The van der Waals surface area contributed by atoms with Crippen LogP contribution in [0.2, 0.25) is 0 Å². The zero-order chi connectivity index (χ0) is 13.1. The molecular formula is C13H16N2O3. The van der Waals surface area contributed by atoms with Crippen LogP contribution in [0.1, 0.15) is 29.6 Å².